The Morgan fingerprint density at radius 3 is 2.68 bits per heavy atom. The second-order valence-electron chi connectivity index (χ2n) is 9.10. The fraction of sp³-hybridized carbons (Fsp3) is 0.750. The minimum atomic E-state index is -2.78. The van der Waals surface area contributed by atoms with Crippen LogP contribution in [0.4, 0.5) is 10.1 Å². The van der Waals surface area contributed by atoms with Crippen LogP contribution in [-0.2, 0) is 14.2 Å². The number of carbonyl (C=O) groups is 1. The molecule has 0 unspecified atom stereocenters. The van der Waals surface area contributed by atoms with Crippen molar-refractivity contribution in [2.24, 2.45) is 5.41 Å². The van der Waals surface area contributed by atoms with Gasteiger partial charge in [-0.15, -0.1) is 0 Å². The van der Waals surface area contributed by atoms with E-state index in [1.807, 2.05) is 13.8 Å². The van der Waals surface area contributed by atoms with Gasteiger partial charge in [0.1, 0.15) is 18.0 Å². The predicted molar refractivity (Wildman–Crippen MR) is 125 cm³/mol. The van der Waals surface area contributed by atoms with Gasteiger partial charge in [0.25, 0.3) is 5.91 Å². The van der Waals surface area contributed by atoms with Crippen molar-refractivity contribution in [3.63, 3.8) is 0 Å². The number of aromatic nitrogens is 1. The van der Waals surface area contributed by atoms with E-state index in [0.717, 1.165) is 5.69 Å². The topological polar surface area (TPSA) is 102 Å². The van der Waals surface area contributed by atoms with E-state index >= 15 is 0 Å². The molecular weight excluding hydrogens is 445 g/mol. The molecule has 2 fully saturated rings. The van der Waals surface area contributed by atoms with E-state index in [1.54, 1.807) is 19.2 Å². The van der Waals surface area contributed by atoms with E-state index in [1.165, 1.54) is 0 Å². The third-order valence-corrected chi connectivity index (χ3v) is 6.71. The van der Waals surface area contributed by atoms with Gasteiger partial charge in [0.2, 0.25) is 5.88 Å². The summed E-state index contributed by atoms with van der Waals surface area (Å²) >= 11 is 0. The molecule has 0 saturated carbocycles. The highest BCUT2D eigenvalue weighted by Crippen LogP contribution is 2.34. The van der Waals surface area contributed by atoms with Crippen LogP contribution in [0.2, 0.25) is 0 Å². The van der Waals surface area contributed by atoms with Gasteiger partial charge in [0.05, 0.1) is 52.9 Å². The molecule has 2 aliphatic heterocycles. The Bertz CT molecular complexity index is 866. The normalized spacial score (nSPS) is 19.0. The molecule has 0 aliphatic carbocycles. The van der Waals surface area contributed by atoms with Crippen molar-refractivity contribution in [3.05, 3.63) is 17.8 Å². The molecule has 0 aromatic carbocycles. The summed E-state index contributed by atoms with van der Waals surface area (Å²) in [5.74, 6) is -0.0980. The summed E-state index contributed by atoms with van der Waals surface area (Å²) in [6.45, 7) is 3.33. The molecule has 3 heterocycles. The van der Waals surface area contributed by atoms with Gasteiger partial charge in [0.15, 0.2) is 0 Å². The Hall–Kier alpha value is -2.01. The van der Waals surface area contributed by atoms with Crippen LogP contribution in [-0.4, -0.2) is 94.1 Å². The monoisotopic (exact) mass is 485 g/mol. The number of nitrogens with zero attached hydrogens (tertiary/aromatic N) is 2. The van der Waals surface area contributed by atoms with Crippen LogP contribution < -0.4 is 15.0 Å². The average Bonchev–Trinajstić information content (AvgIpc) is 2.80. The number of aliphatic hydroxyl groups is 1. The lowest BCUT2D eigenvalue weighted by molar-refractivity contribution is -0.164. The number of aliphatic hydroxyl groups excluding tert-OH is 1. The Balaban J connectivity index is 1.73. The SMILES string of the molecule is [2H]C([2H])(F)CCOCC1(COc2nc(C(=O)NC(CC)(CC)CO)ccc2N2CC(OC)C2)COC1. The molecule has 1 aromatic rings. The number of carbonyl (C=O) groups excluding carboxylic acids is 1. The molecule has 10 heteroatoms. The first kappa shape index (κ1) is 23.7. The lowest BCUT2D eigenvalue weighted by atomic mass is 9.88. The van der Waals surface area contributed by atoms with Crippen LogP contribution in [0, 0.1) is 5.41 Å². The average molecular weight is 486 g/mol. The zero-order valence-electron chi connectivity index (χ0n) is 22.3. The predicted octanol–water partition coefficient (Wildman–Crippen LogP) is 1.97. The van der Waals surface area contributed by atoms with Gasteiger partial charge < -0.3 is 34.3 Å². The minimum absolute atomic E-state index is 0.0575. The number of nitrogens with one attached hydrogen (secondary N) is 1. The summed E-state index contributed by atoms with van der Waals surface area (Å²) in [6, 6.07) is 3.44. The fourth-order valence-electron chi connectivity index (χ4n) is 3.91. The molecular formula is C24H38FN3O6. The van der Waals surface area contributed by atoms with Crippen LogP contribution in [0.1, 0.15) is 46.3 Å². The molecule has 192 valence electrons. The van der Waals surface area contributed by atoms with Crippen molar-refractivity contribution in [3.8, 4) is 5.88 Å². The fourth-order valence-corrected chi connectivity index (χ4v) is 3.91. The maximum absolute atomic E-state index is 13.1. The summed E-state index contributed by atoms with van der Waals surface area (Å²) in [7, 11) is 1.66. The molecule has 2 saturated heterocycles. The van der Waals surface area contributed by atoms with E-state index in [-0.39, 0.29) is 44.6 Å². The Morgan fingerprint density at radius 2 is 2.12 bits per heavy atom. The molecule has 34 heavy (non-hydrogen) atoms. The minimum Gasteiger partial charge on any atom is -0.475 e. The van der Waals surface area contributed by atoms with Crippen LogP contribution in [0.25, 0.3) is 0 Å². The number of halogens is 1. The van der Waals surface area contributed by atoms with Crippen LogP contribution in [0.15, 0.2) is 12.1 Å². The van der Waals surface area contributed by atoms with E-state index < -0.39 is 23.5 Å². The Labute approximate surface area is 203 Å². The highest BCUT2D eigenvalue weighted by Gasteiger charge is 2.41. The maximum atomic E-state index is 13.1. The highest BCUT2D eigenvalue weighted by atomic mass is 19.1. The van der Waals surface area contributed by atoms with Gasteiger partial charge >= 0.3 is 0 Å². The summed E-state index contributed by atoms with van der Waals surface area (Å²) < 4.78 is 49.5. The van der Waals surface area contributed by atoms with Crippen molar-refractivity contribution in [1.82, 2.24) is 10.3 Å². The third-order valence-electron chi connectivity index (χ3n) is 6.71. The smallest absolute Gasteiger partial charge is 0.270 e. The van der Waals surface area contributed by atoms with Crippen molar-refractivity contribution in [1.29, 1.82) is 0 Å². The molecule has 2 N–H and O–H groups in total. The summed E-state index contributed by atoms with van der Waals surface area (Å²) in [5.41, 5.74) is -0.277. The molecule has 1 aromatic heterocycles. The van der Waals surface area contributed by atoms with Gasteiger partial charge in [-0.25, -0.2) is 4.98 Å². The molecule has 2 aliphatic rings. The number of methoxy groups -OCH3 is 1. The van der Waals surface area contributed by atoms with Crippen LogP contribution >= 0.6 is 0 Å². The number of alkyl halides is 1. The van der Waals surface area contributed by atoms with Gasteiger partial charge in [-0.3, -0.25) is 9.18 Å². The zero-order valence-corrected chi connectivity index (χ0v) is 20.3. The molecule has 1 amide bonds. The number of anilines is 1. The van der Waals surface area contributed by atoms with Crippen molar-refractivity contribution in [2.45, 2.75) is 44.8 Å². The van der Waals surface area contributed by atoms with E-state index in [0.29, 0.717) is 45.0 Å². The number of pyridine rings is 1. The van der Waals surface area contributed by atoms with Gasteiger partial charge in [-0.1, -0.05) is 13.8 Å². The largest absolute Gasteiger partial charge is 0.475 e. The van der Waals surface area contributed by atoms with Crippen LogP contribution in [0.3, 0.4) is 0 Å². The first-order valence-electron chi connectivity index (χ1n) is 12.8. The number of ether oxygens (including phenoxy) is 4. The maximum Gasteiger partial charge on any atom is 0.270 e. The number of hydrogen-bond acceptors (Lipinski definition) is 8. The van der Waals surface area contributed by atoms with Gasteiger partial charge in [-0.05, 0) is 31.4 Å². The highest BCUT2D eigenvalue weighted by molar-refractivity contribution is 5.93. The van der Waals surface area contributed by atoms with Crippen molar-refractivity contribution in [2.75, 3.05) is 71.4 Å². The molecule has 0 bridgehead atoms. The van der Waals surface area contributed by atoms with E-state index in [9.17, 15) is 14.3 Å². The number of rotatable bonds is 15. The second kappa shape index (κ2) is 12.1. The number of amides is 1. The Morgan fingerprint density at radius 1 is 1.38 bits per heavy atom. The van der Waals surface area contributed by atoms with Crippen molar-refractivity contribution >= 4 is 11.6 Å². The van der Waals surface area contributed by atoms with Gasteiger partial charge in [0, 0.05) is 26.8 Å². The zero-order chi connectivity index (χ0) is 26.4. The molecule has 0 spiro atoms. The van der Waals surface area contributed by atoms with Crippen molar-refractivity contribution < 1.29 is 36.0 Å². The molecule has 0 radical (unpaired) electrons. The molecule has 3 rings (SSSR count). The van der Waals surface area contributed by atoms with Gasteiger partial charge in [-0.2, -0.15) is 0 Å². The first-order valence-corrected chi connectivity index (χ1v) is 11.8. The summed E-state index contributed by atoms with van der Waals surface area (Å²) in [5, 5.41) is 12.7. The quantitative estimate of drug-likeness (QED) is 0.364. The summed E-state index contributed by atoms with van der Waals surface area (Å²) in [6.07, 6.45) is 0.905. The lowest BCUT2D eigenvalue weighted by Gasteiger charge is -2.42. The summed E-state index contributed by atoms with van der Waals surface area (Å²) in [4.78, 5) is 19.6. The third kappa shape index (κ3) is 6.16. The van der Waals surface area contributed by atoms with E-state index in [2.05, 4.69) is 15.2 Å². The van der Waals surface area contributed by atoms with Crippen LogP contribution in [0.5, 0.6) is 5.88 Å². The lowest BCUT2D eigenvalue weighted by Crippen LogP contribution is -2.53. The first-order chi connectivity index (χ1) is 17.1. The second-order valence-corrected chi connectivity index (χ2v) is 9.10. The number of hydrogen-bond donors (Lipinski definition) is 2. The standard InChI is InChI=1S/C24H38FN3O6/c1-4-24(5-2,13-29)27-21(30)19-7-8-20(28-11-18(12-28)31-3)22(26-19)34-17-23(15-33-16-23)14-32-10-6-9-25/h7-8,18,29H,4-6,9-17H2,1-3H3,(H,27,30)/i9D2. The Kier molecular flexibility index (Phi) is 8.44. The molecule has 9 nitrogen and oxygen atoms in total. The molecule has 0 atom stereocenters. The van der Waals surface area contributed by atoms with E-state index in [4.69, 9.17) is 21.7 Å².